The van der Waals surface area contributed by atoms with Crippen LogP contribution in [0.25, 0.3) is 0 Å². The molecule has 1 amide bonds. The third-order valence-corrected chi connectivity index (χ3v) is 3.47. The van der Waals surface area contributed by atoms with Gasteiger partial charge in [-0.15, -0.1) is 0 Å². The van der Waals surface area contributed by atoms with Crippen LogP contribution in [-0.4, -0.2) is 56.7 Å². The second-order valence-electron chi connectivity index (χ2n) is 4.89. The summed E-state index contributed by atoms with van der Waals surface area (Å²) in [6, 6.07) is 0.574. The highest BCUT2D eigenvalue weighted by Crippen LogP contribution is 2.23. The Kier molecular flexibility index (Phi) is 7.96. The van der Waals surface area contributed by atoms with E-state index < -0.39 is 0 Å². The van der Waals surface area contributed by atoms with Crippen LogP contribution in [0.2, 0.25) is 0 Å². The van der Waals surface area contributed by atoms with Crippen molar-refractivity contribution < 1.29 is 9.53 Å². The molecule has 1 aliphatic carbocycles. The van der Waals surface area contributed by atoms with Crippen LogP contribution < -0.4 is 11.1 Å². The van der Waals surface area contributed by atoms with Gasteiger partial charge in [0, 0.05) is 26.2 Å². The molecule has 1 saturated carbocycles. The standard InChI is InChI=1S/C13H27N3O2/c1-18-10-8-15-13(17)11-16(9-4-7-14)12-5-2-3-6-12/h12H,2-11,14H2,1H3,(H,15,17). The Balaban J connectivity index is 2.31. The van der Waals surface area contributed by atoms with Crippen LogP contribution in [0, 0.1) is 0 Å². The van der Waals surface area contributed by atoms with Crippen LogP contribution in [0.1, 0.15) is 32.1 Å². The summed E-state index contributed by atoms with van der Waals surface area (Å²) in [5, 5.41) is 2.88. The largest absolute Gasteiger partial charge is 0.383 e. The van der Waals surface area contributed by atoms with Gasteiger partial charge < -0.3 is 15.8 Å². The predicted octanol–water partition coefficient (Wildman–Crippen LogP) is 0.342. The first-order valence-electron chi connectivity index (χ1n) is 6.97. The Morgan fingerprint density at radius 2 is 2.17 bits per heavy atom. The van der Waals surface area contributed by atoms with E-state index in [4.69, 9.17) is 10.5 Å². The van der Waals surface area contributed by atoms with Gasteiger partial charge in [0.2, 0.25) is 5.91 Å². The van der Waals surface area contributed by atoms with Crippen LogP contribution in [-0.2, 0) is 9.53 Å². The van der Waals surface area contributed by atoms with E-state index in [1.54, 1.807) is 7.11 Å². The zero-order valence-electron chi connectivity index (χ0n) is 11.5. The van der Waals surface area contributed by atoms with E-state index in [1.165, 1.54) is 25.7 Å². The molecular weight excluding hydrogens is 230 g/mol. The second kappa shape index (κ2) is 9.30. The van der Waals surface area contributed by atoms with Crippen molar-refractivity contribution in [1.29, 1.82) is 0 Å². The van der Waals surface area contributed by atoms with Crippen LogP contribution in [0.3, 0.4) is 0 Å². The molecule has 0 aromatic carbocycles. The molecule has 0 radical (unpaired) electrons. The lowest BCUT2D eigenvalue weighted by molar-refractivity contribution is -0.123. The van der Waals surface area contributed by atoms with Gasteiger partial charge in [0.1, 0.15) is 0 Å². The maximum absolute atomic E-state index is 11.8. The molecule has 3 N–H and O–H groups in total. The van der Waals surface area contributed by atoms with Gasteiger partial charge in [0.15, 0.2) is 0 Å². The molecule has 0 aliphatic heterocycles. The number of carbonyl (C=O) groups excluding carboxylic acids is 1. The zero-order chi connectivity index (χ0) is 13.2. The third-order valence-electron chi connectivity index (χ3n) is 3.47. The predicted molar refractivity (Wildman–Crippen MR) is 72.4 cm³/mol. The minimum atomic E-state index is 0.0935. The Morgan fingerprint density at radius 1 is 1.44 bits per heavy atom. The molecule has 0 aromatic rings. The molecule has 106 valence electrons. The van der Waals surface area contributed by atoms with Crippen molar-refractivity contribution in [1.82, 2.24) is 10.2 Å². The van der Waals surface area contributed by atoms with E-state index in [-0.39, 0.29) is 5.91 Å². The molecule has 1 fully saturated rings. The van der Waals surface area contributed by atoms with E-state index in [2.05, 4.69) is 10.2 Å². The Morgan fingerprint density at radius 3 is 2.78 bits per heavy atom. The lowest BCUT2D eigenvalue weighted by atomic mass is 10.2. The lowest BCUT2D eigenvalue weighted by Gasteiger charge is -2.28. The monoisotopic (exact) mass is 257 g/mol. The number of amides is 1. The maximum Gasteiger partial charge on any atom is 0.234 e. The number of nitrogens with two attached hydrogens (primary N) is 1. The van der Waals surface area contributed by atoms with Crippen LogP contribution in [0.5, 0.6) is 0 Å². The third kappa shape index (κ3) is 5.80. The molecule has 0 aromatic heterocycles. The number of hydrogen-bond acceptors (Lipinski definition) is 4. The van der Waals surface area contributed by atoms with Gasteiger partial charge >= 0.3 is 0 Å². The van der Waals surface area contributed by atoms with E-state index in [0.29, 0.717) is 32.3 Å². The molecule has 0 bridgehead atoms. The molecule has 0 unspecified atom stereocenters. The summed E-state index contributed by atoms with van der Waals surface area (Å²) in [5.41, 5.74) is 5.56. The minimum Gasteiger partial charge on any atom is -0.383 e. The highest BCUT2D eigenvalue weighted by atomic mass is 16.5. The number of hydrogen-bond donors (Lipinski definition) is 2. The summed E-state index contributed by atoms with van der Waals surface area (Å²) in [4.78, 5) is 14.1. The first-order valence-corrected chi connectivity index (χ1v) is 6.97. The quantitative estimate of drug-likeness (QED) is 0.585. The maximum atomic E-state index is 11.8. The number of methoxy groups -OCH3 is 1. The molecule has 18 heavy (non-hydrogen) atoms. The summed E-state index contributed by atoms with van der Waals surface area (Å²) in [6.45, 7) is 3.27. The van der Waals surface area contributed by atoms with Gasteiger partial charge in [-0.1, -0.05) is 12.8 Å². The topological polar surface area (TPSA) is 67.6 Å². The van der Waals surface area contributed by atoms with E-state index in [1.807, 2.05) is 0 Å². The zero-order valence-corrected chi connectivity index (χ0v) is 11.5. The van der Waals surface area contributed by atoms with E-state index >= 15 is 0 Å². The van der Waals surface area contributed by atoms with Crippen molar-refractivity contribution in [3.05, 3.63) is 0 Å². The highest BCUT2D eigenvalue weighted by molar-refractivity contribution is 5.78. The van der Waals surface area contributed by atoms with Gasteiger partial charge in [-0.2, -0.15) is 0 Å². The van der Waals surface area contributed by atoms with Gasteiger partial charge in [0.05, 0.1) is 13.2 Å². The van der Waals surface area contributed by atoms with Crippen molar-refractivity contribution in [2.24, 2.45) is 5.73 Å². The fourth-order valence-electron chi connectivity index (χ4n) is 2.49. The van der Waals surface area contributed by atoms with Crippen LogP contribution >= 0.6 is 0 Å². The summed E-state index contributed by atoms with van der Waals surface area (Å²) in [5.74, 6) is 0.0935. The van der Waals surface area contributed by atoms with Crippen molar-refractivity contribution in [2.45, 2.75) is 38.1 Å². The van der Waals surface area contributed by atoms with Crippen LogP contribution in [0.4, 0.5) is 0 Å². The molecule has 1 rings (SSSR count). The van der Waals surface area contributed by atoms with Gasteiger partial charge in [-0.25, -0.2) is 0 Å². The summed E-state index contributed by atoms with van der Waals surface area (Å²) < 4.78 is 4.92. The molecule has 1 aliphatic rings. The molecular formula is C13H27N3O2. The fourth-order valence-corrected chi connectivity index (χ4v) is 2.49. The number of nitrogens with zero attached hydrogens (tertiary/aromatic N) is 1. The Bertz CT molecular complexity index is 230. The first kappa shape index (κ1) is 15.4. The first-order chi connectivity index (χ1) is 8.77. The van der Waals surface area contributed by atoms with E-state index in [9.17, 15) is 4.79 Å². The Labute approximate surface area is 110 Å². The lowest BCUT2D eigenvalue weighted by Crippen LogP contribution is -2.43. The normalized spacial score (nSPS) is 16.4. The molecule has 0 spiro atoms. The van der Waals surface area contributed by atoms with Gasteiger partial charge in [-0.3, -0.25) is 9.69 Å². The van der Waals surface area contributed by atoms with Crippen molar-refractivity contribution >= 4 is 5.91 Å². The fraction of sp³-hybridized carbons (Fsp3) is 0.923. The van der Waals surface area contributed by atoms with Crippen molar-refractivity contribution in [3.63, 3.8) is 0 Å². The number of ether oxygens (including phenoxy) is 1. The molecule has 0 atom stereocenters. The van der Waals surface area contributed by atoms with Gasteiger partial charge in [0.25, 0.3) is 0 Å². The minimum absolute atomic E-state index is 0.0935. The SMILES string of the molecule is COCCNC(=O)CN(CCCN)C1CCCC1. The van der Waals surface area contributed by atoms with Crippen molar-refractivity contribution in [2.75, 3.05) is 39.9 Å². The number of nitrogens with one attached hydrogen (secondary N) is 1. The van der Waals surface area contributed by atoms with Crippen LogP contribution in [0.15, 0.2) is 0 Å². The number of carbonyl (C=O) groups is 1. The van der Waals surface area contributed by atoms with Gasteiger partial charge in [-0.05, 0) is 25.8 Å². The molecule has 5 nitrogen and oxygen atoms in total. The summed E-state index contributed by atoms with van der Waals surface area (Å²) in [7, 11) is 1.64. The summed E-state index contributed by atoms with van der Waals surface area (Å²) in [6.07, 6.45) is 5.97. The number of rotatable bonds is 9. The average molecular weight is 257 g/mol. The highest BCUT2D eigenvalue weighted by Gasteiger charge is 2.23. The summed E-state index contributed by atoms with van der Waals surface area (Å²) >= 11 is 0. The molecule has 0 saturated heterocycles. The second-order valence-corrected chi connectivity index (χ2v) is 4.89. The smallest absolute Gasteiger partial charge is 0.234 e. The Hall–Kier alpha value is -0.650. The van der Waals surface area contributed by atoms with Crippen molar-refractivity contribution in [3.8, 4) is 0 Å². The molecule has 5 heteroatoms. The average Bonchev–Trinajstić information content (AvgIpc) is 2.88. The van der Waals surface area contributed by atoms with E-state index in [0.717, 1.165) is 13.0 Å². The molecule has 0 heterocycles.